The summed E-state index contributed by atoms with van der Waals surface area (Å²) in [7, 11) is 3.08. The van der Waals surface area contributed by atoms with E-state index in [1.54, 1.807) is 31.4 Å². The standard InChI is InChI=1S/C13H17O5/c1-10(15-2)8-9-17-18-13(14)11-6-4-5-7-12(11)16-3/h4-7,9-10H,8H2,1-3H3. The molecular formula is C13H17O5. The van der Waals surface area contributed by atoms with Gasteiger partial charge in [0.2, 0.25) is 0 Å². The third-order valence-corrected chi connectivity index (χ3v) is 2.35. The average Bonchev–Trinajstić information content (AvgIpc) is 2.42. The minimum Gasteiger partial charge on any atom is -0.496 e. The Morgan fingerprint density at radius 3 is 2.72 bits per heavy atom. The molecule has 1 atom stereocenters. The summed E-state index contributed by atoms with van der Waals surface area (Å²) in [5.74, 6) is -0.162. The van der Waals surface area contributed by atoms with Crippen molar-refractivity contribution in [1.29, 1.82) is 0 Å². The van der Waals surface area contributed by atoms with Crippen molar-refractivity contribution in [3.8, 4) is 5.75 Å². The molecule has 0 spiro atoms. The fourth-order valence-electron chi connectivity index (χ4n) is 1.21. The Bertz CT molecular complexity index is 377. The van der Waals surface area contributed by atoms with E-state index in [4.69, 9.17) is 14.4 Å². The van der Waals surface area contributed by atoms with Crippen LogP contribution in [0, 0.1) is 6.61 Å². The molecule has 1 unspecified atom stereocenters. The normalized spacial score (nSPS) is 11.9. The Morgan fingerprint density at radius 2 is 2.06 bits per heavy atom. The van der Waals surface area contributed by atoms with Crippen LogP contribution in [0.1, 0.15) is 23.7 Å². The van der Waals surface area contributed by atoms with Crippen molar-refractivity contribution in [3.63, 3.8) is 0 Å². The smallest absolute Gasteiger partial charge is 0.376 e. The summed E-state index contributed by atoms with van der Waals surface area (Å²) in [5, 5.41) is 0. The lowest BCUT2D eigenvalue weighted by atomic mass is 10.2. The molecule has 0 fully saturated rings. The molecule has 18 heavy (non-hydrogen) atoms. The molecular weight excluding hydrogens is 236 g/mol. The zero-order valence-electron chi connectivity index (χ0n) is 10.7. The highest BCUT2D eigenvalue weighted by molar-refractivity contribution is 5.92. The SMILES string of the molecule is COc1ccccc1C(=O)OO[CH]CC(C)OC. The van der Waals surface area contributed by atoms with Gasteiger partial charge in [0, 0.05) is 13.5 Å². The number of ether oxygens (including phenoxy) is 2. The van der Waals surface area contributed by atoms with Crippen molar-refractivity contribution in [2.75, 3.05) is 14.2 Å². The van der Waals surface area contributed by atoms with Crippen molar-refractivity contribution >= 4 is 5.97 Å². The Hall–Kier alpha value is -1.59. The van der Waals surface area contributed by atoms with Crippen molar-refractivity contribution in [2.45, 2.75) is 19.4 Å². The van der Waals surface area contributed by atoms with Gasteiger partial charge in [0.1, 0.15) is 17.9 Å². The number of carbonyl (C=O) groups is 1. The lowest BCUT2D eigenvalue weighted by Crippen LogP contribution is -2.09. The molecule has 0 saturated heterocycles. The first-order chi connectivity index (χ1) is 8.69. The lowest BCUT2D eigenvalue weighted by molar-refractivity contribution is -0.215. The highest BCUT2D eigenvalue weighted by Gasteiger charge is 2.14. The van der Waals surface area contributed by atoms with Crippen LogP contribution in [0.5, 0.6) is 5.75 Å². The zero-order valence-corrected chi connectivity index (χ0v) is 10.7. The van der Waals surface area contributed by atoms with Crippen molar-refractivity contribution in [2.24, 2.45) is 0 Å². The summed E-state index contributed by atoms with van der Waals surface area (Å²) in [5.41, 5.74) is 0.313. The third kappa shape index (κ3) is 4.35. The van der Waals surface area contributed by atoms with E-state index in [-0.39, 0.29) is 6.10 Å². The number of carbonyl (C=O) groups excluding carboxylic acids is 1. The van der Waals surface area contributed by atoms with Gasteiger partial charge in [-0.05, 0) is 19.1 Å². The van der Waals surface area contributed by atoms with Gasteiger partial charge in [-0.3, -0.25) is 4.89 Å². The van der Waals surface area contributed by atoms with Gasteiger partial charge < -0.3 is 9.47 Å². The van der Waals surface area contributed by atoms with Crippen LogP contribution in [0.3, 0.4) is 0 Å². The van der Waals surface area contributed by atoms with Crippen LogP contribution in [0.15, 0.2) is 24.3 Å². The first-order valence-corrected chi connectivity index (χ1v) is 5.54. The molecule has 0 amide bonds. The molecule has 0 aliphatic heterocycles. The predicted octanol–water partition coefficient (Wildman–Crippen LogP) is 2.37. The molecule has 1 aromatic carbocycles. The molecule has 0 heterocycles. The number of benzene rings is 1. The Morgan fingerprint density at radius 1 is 1.33 bits per heavy atom. The van der Waals surface area contributed by atoms with E-state index >= 15 is 0 Å². The van der Waals surface area contributed by atoms with Gasteiger partial charge in [-0.2, -0.15) is 4.89 Å². The number of hydrogen-bond acceptors (Lipinski definition) is 5. The molecule has 5 nitrogen and oxygen atoms in total. The molecule has 0 aliphatic carbocycles. The topological polar surface area (TPSA) is 54.0 Å². The predicted molar refractivity (Wildman–Crippen MR) is 64.9 cm³/mol. The zero-order chi connectivity index (χ0) is 13.4. The lowest BCUT2D eigenvalue weighted by Gasteiger charge is -2.09. The maximum absolute atomic E-state index is 11.7. The average molecular weight is 253 g/mol. The minimum atomic E-state index is -0.603. The minimum absolute atomic E-state index is 0.00923. The fraction of sp³-hybridized carbons (Fsp3) is 0.385. The summed E-state index contributed by atoms with van der Waals surface area (Å²) in [6.07, 6.45) is 0.533. The van der Waals surface area contributed by atoms with Crippen LogP contribution in [-0.2, 0) is 14.5 Å². The Kier molecular flexibility index (Phi) is 6.18. The number of hydrogen-bond donors (Lipinski definition) is 0. The van der Waals surface area contributed by atoms with E-state index < -0.39 is 5.97 Å². The molecule has 99 valence electrons. The van der Waals surface area contributed by atoms with Gasteiger partial charge in [0.15, 0.2) is 0 Å². The molecule has 1 rings (SSSR count). The molecule has 0 N–H and O–H groups in total. The molecule has 1 radical (unpaired) electrons. The summed E-state index contributed by atoms with van der Waals surface area (Å²) in [6, 6.07) is 6.76. The van der Waals surface area contributed by atoms with Crippen molar-refractivity contribution in [1.82, 2.24) is 0 Å². The van der Waals surface area contributed by atoms with Gasteiger partial charge in [-0.15, -0.1) is 0 Å². The van der Waals surface area contributed by atoms with E-state index in [1.165, 1.54) is 13.7 Å². The molecule has 0 aliphatic rings. The second kappa shape index (κ2) is 7.68. The third-order valence-electron chi connectivity index (χ3n) is 2.35. The van der Waals surface area contributed by atoms with Gasteiger partial charge in [-0.25, -0.2) is 4.79 Å². The van der Waals surface area contributed by atoms with Crippen molar-refractivity contribution in [3.05, 3.63) is 36.4 Å². The quantitative estimate of drug-likeness (QED) is 0.424. The van der Waals surface area contributed by atoms with Gasteiger partial charge in [0.05, 0.1) is 13.2 Å². The fourth-order valence-corrected chi connectivity index (χ4v) is 1.21. The number of methoxy groups -OCH3 is 2. The molecule has 0 bridgehead atoms. The van der Waals surface area contributed by atoms with Crippen LogP contribution >= 0.6 is 0 Å². The van der Waals surface area contributed by atoms with E-state index in [0.717, 1.165) is 0 Å². The maximum atomic E-state index is 11.7. The first kappa shape index (κ1) is 14.5. The summed E-state index contributed by atoms with van der Waals surface area (Å²) >= 11 is 0. The van der Waals surface area contributed by atoms with Crippen molar-refractivity contribution < 1.29 is 24.0 Å². The number of rotatable bonds is 7. The van der Waals surface area contributed by atoms with Crippen LogP contribution in [-0.4, -0.2) is 26.3 Å². The maximum Gasteiger partial charge on any atom is 0.376 e. The summed E-state index contributed by atoms with van der Waals surface area (Å²) < 4.78 is 10.0. The van der Waals surface area contributed by atoms with Crippen LogP contribution < -0.4 is 4.74 Å². The van der Waals surface area contributed by atoms with E-state index in [1.807, 2.05) is 6.92 Å². The summed E-state index contributed by atoms with van der Waals surface area (Å²) in [4.78, 5) is 21.0. The largest absolute Gasteiger partial charge is 0.496 e. The van der Waals surface area contributed by atoms with Gasteiger partial charge >= 0.3 is 5.97 Å². The molecule has 1 aromatic rings. The van der Waals surface area contributed by atoms with Crippen LogP contribution in [0.25, 0.3) is 0 Å². The molecule has 0 aromatic heterocycles. The second-order valence-electron chi connectivity index (χ2n) is 3.62. The number of para-hydroxylation sites is 1. The monoisotopic (exact) mass is 253 g/mol. The van der Waals surface area contributed by atoms with E-state index in [0.29, 0.717) is 17.7 Å². The summed E-state index contributed by atoms with van der Waals surface area (Å²) in [6.45, 7) is 3.25. The molecule has 5 heteroatoms. The highest BCUT2D eigenvalue weighted by atomic mass is 17.2. The Labute approximate surface area is 107 Å². The molecule has 0 saturated carbocycles. The first-order valence-electron chi connectivity index (χ1n) is 5.54. The van der Waals surface area contributed by atoms with Crippen LogP contribution in [0.2, 0.25) is 0 Å². The Balaban J connectivity index is 2.41. The van der Waals surface area contributed by atoms with E-state index in [2.05, 4.69) is 4.89 Å². The van der Waals surface area contributed by atoms with Gasteiger partial charge in [-0.1, -0.05) is 12.1 Å². The van der Waals surface area contributed by atoms with E-state index in [9.17, 15) is 4.79 Å². The van der Waals surface area contributed by atoms with Crippen LogP contribution in [0.4, 0.5) is 0 Å². The highest BCUT2D eigenvalue weighted by Crippen LogP contribution is 2.18. The second-order valence-corrected chi connectivity index (χ2v) is 3.62. The van der Waals surface area contributed by atoms with Gasteiger partial charge in [0.25, 0.3) is 0 Å².